The topological polar surface area (TPSA) is 71.1 Å². The van der Waals surface area contributed by atoms with Crippen LogP contribution in [0.2, 0.25) is 0 Å². The van der Waals surface area contributed by atoms with Crippen LogP contribution in [0.5, 0.6) is 0 Å². The van der Waals surface area contributed by atoms with E-state index in [0.717, 1.165) is 4.88 Å². The van der Waals surface area contributed by atoms with Crippen molar-refractivity contribution in [3.05, 3.63) is 40.7 Å². The van der Waals surface area contributed by atoms with Gasteiger partial charge in [-0.1, -0.05) is 6.07 Å². The van der Waals surface area contributed by atoms with Gasteiger partial charge in [-0.2, -0.15) is 0 Å². The predicted octanol–water partition coefficient (Wildman–Crippen LogP) is 2.10. The van der Waals surface area contributed by atoms with Crippen molar-refractivity contribution < 1.29 is 8.42 Å². The van der Waals surface area contributed by atoms with Gasteiger partial charge in [-0.25, -0.2) is 18.1 Å². The average Bonchev–Trinajstić information content (AvgIpc) is 2.92. The molecule has 5 nitrogen and oxygen atoms in total. The number of pyridine rings is 1. The SMILES string of the molecule is CCNc1cccnc1S(=O)(=O)NCCc1cccs1. The Balaban J connectivity index is 2.06. The number of nitrogens with zero attached hydrogens (tertiary/aromatic N) is 1. The Morgan fingerprint density at radius 2 is 2.15 bits per heavy atom. The van der Waals surface area contributed by atoms with Crippen LogP contribution in [0.3, 0.4) is 0 Å². The van der Waals surface area contributed by atoms with E-state index in [2.05, 4.69) is 15.0 Å². The van der Waals surface area contributed by atoms with E-state index >= 15 is 0 Å². The Morgan fingerprint density at radius 3 is 2.85 bits per heavy atom. The highest BCUT2D eigenvalue weighted by atomic mass is 32.2. The minimum absolute atomic E-state index is 0.0491. The van der Waals surface area contributed by atoms with E-state index in [4.69, 9.17) is 0 Å². The van der Waals surface area contributed by atoms with E-state index < -0.39 is 10.0 Å². The van der Waals surface area contributed by atoms with Crippen molar-refractivity contribution in [2.45, 2.75) is 18.4 Å². The second-order valence-corrected chi connectivity index (χ2v) is 6.83. The number of rotatable bonds is 7. The van der Waals surface area contributed by atoms with Gasteiger partial charge in [-0.15, -0.1) is 11.3 Å². The van der Waals surface area contributed by atoms with Crippen LogP contribution in [-0.4, -0.2) is 26.5 Å². The normalized spacial score (nSPS) is 11.4. The molecule has 2 heterocycles. The largest absolute Gasteiger partial charge is 0.383 e. The Bertz CT molecular complexity index is 639. The van der Waals surface area contributed by atoms with Gasteiger partial charge in [-0.05, 0) is 36.9 Å². The van der Waals surface area contributed by atoms with Crippen molar-refractivity contribution in [2.75, 3.05) is 18.4 Å². The van der Waals surface area contributed by atoms with E-state index in [1.165, 1.54) is 6.20 Å². The van der Waals surface area contributed by atoms with Gasteiger partial charge in [0.05, 0.1) is 5.69 Å². The Morgan fingerprint density at radius 1 is 1.30 bits per heavy atom. The summed E-state index contributed by atoms with van der Waals surface area (Å²) in [7, 11) is -3.59. The lowest BCUT2D eigenvalue weighted by Crippen LogP contribution is -2.27. The highest BCUT2D eigenvalue weighted by Gasteiger charge is 2.19. The number of hydrogen-bond donors (Lipinski definition) is 2. The summed E-state index contributed by atoms with van der Waals surface area (Å²) in [4.78, 5) is 5.13. The quantitative estimate of drug-likeness (QED) is 0.821. The summed E-state index contributed by atoms with van der Waals surface area (Å²) in [5.74, 6) is 0. The van der Waals surface area contributed by atoms with Crippen molar-refractivity contribution in [1.29, 1.82) is 0 Å². The molecule has 0 atom stereocenters. The maximum atomic E-state index is 12.2. The zero-order chi connectivity index (χ0) is 14.4. The molecule has 0 aliphatic heterocycles. The second-order valence-electron chi connectivity index (χ2n) is 4.11. The number of thiophene rings is 1. The van der Waals surface area contributed by atoms with Crippen LogP contribution >= 0.6 is 11.3 Å². The molecule has 2 N–H and O–H groups in total. The van der Waals surface area contributed by atoms with Gasteiger partial charge in [0.25, 0.3) is 10.0 Å². The molecule has 7 heteroatoms. The molecule has 0 fully saturated rings. The molecule has 2 rings (SSSR count). The first-order valence-electron chi connectivity index (χ1n) is 6.34. The molecule has 0 saturated heterocycles. The lowest BCUT2D eigenvalue weighted by atomic mass is 10.3. The lowest BCUT2D eigenvalue weighted by Gasteiger charge is -2.10. The van der Waals surface area contributed by atoms with E-state index in [-0.39, 0.29) is 5.03 Å². The van der Waals surface area contributed by atoms with Crippen LogP contribution < -0.4 is 10.0 Å². The van der Waals surface area contributed by atoms with E-state index in [1.54, 1.807) is 23.5 Å². The summed E-state index contributed by atoms with van der Waals surface area (Å²) in [6.07, 6.45) is 2.16. The van der Waals surface area contributed by atoms with Crippen LogP contribution in [0.4, 0.5) is 5.69 Å². The second kappa shape index (κ2) is 6.83. The zero-order valence-electron chi connectivity index (χ0n) is 11.2. The maximum Gasteiger partial charge on any atom is 0.260 e. The molecule has 0 amide bonds. The van der Waals surface area contributed by atoms with Gasteiger partial charge in [0, 0.05) is 24.2 Å². The van der Waals surface area contributed by atoms with Gasteiger partial charge in [0.2, 0.25) is 0 Å². The van der Waals surface area contributed by atoms with Crippen LogP contribution in [0.15, 0.2) is 40.9 Å². The molecular formula is C13H17N3O2S2. The molecular weight excluding hydrogens is 294 g/mol. The summed E-state index contributed by atoms with van der Waals surface area (Å²) in [5, 5.41) is 5.03. The average molecular weight is 311 g/mol. The summed E-state index contributed by atoms with van der Waals surface area (Å²) in [6.45, 7) is 2.92. The summed E-state index contributed by atoms with van der Waals surface area (Å²) in [5.41, 5.74) is 0.527. The number of hydrogen-bond acceptors (Lipinski definition) is 5. The highest BCUT2D eigenvalue weighted by Crippen LogP contribution is 2.17. The molecule has 0 aliphatic carbocycles. The van der Waals surface area contributed by atoms with Crippen molar-refractivity contribution in [2.24, 2.45) is 0 Å². The Labute approximate surface area is 123 Å². The number of sulfonamides is 1. The maximum absolute atomic E-state index is 12.2. The van der Waals surface area contributed by atoms with Crippen LogP contribution in [0, 0.1) is 0 Å². The first kappa shape index (κ1) is 15.0. The Hall–Kier alpha value is -1.44. The van der Waals surface area contributed by atoms with Gasteiger partial charge >= 0.3 is 0 Å². The third-order valence-corrected chi connectivity index (χ3v) is 4.99. The van der Waals surface area contributed by atoms with E-state index in [0.29, 0.717) is 25.2 Å². The van der Waals surface area contributed by atoms with Crippen molar-refractivity contribution in [3.63, 3.8) is 0 Å². The number of anilines is 1. The minimum atomic E-state index is -3.59. The zero-order valence-corrected chi connectivity index (χ0v) is 12.8. The number of nitrogens with one attached hydrogen (secondary N) is 2. The van der Waals surface area contributed by atoms with Crippen molar-refractivity contribution in [1.82, 2.24) is 9.71 Å². The molecule has 2 aromatic heterocycles. The molecule has 0 aliphatic rings. The van der Waals surface area contributed by atoms with Gasteiger partial charge in [0.1, 0.15) is 0 Å². The fourth-order valence-corrected chi connectivity index (χ4v) is 3.61. The third-order valence-electron chi connectivity index (χ3n) is 2.64. The smallest absolute Gasteiger partial charge is 0.260 e. The van der Waals surface area contributed by atoms with E-state index in [9.17, 15) is 8.42 Å². The van der Waals surface area contributed by atoms with Gasteiger partial charge in [0.15, 0.2) is 5.03 Å². The first-order valence-corrected chi connectivity index (χ1v) is 8.70. The minimum Gasteiger partial charge on any atom is -0.383 e. The fourth-order valence-electron chi connectivity index (χ4n) is 1.76. The third kappa shape index (κ3) is 3.78. The molecule has 108 valence electrons. The highest BCUT2D eigenvalue weighted by molar-refractivity contribution is 7.89. The Kier molecular flexibility index (Phi) is 5.11. The molecule has 0 saturated carbocycles. The monoisotopic (exact) mass is 311 g/mol. The summed E-state index contributed by atoms with van der Waals surface area (Å²) in [6, 6.07) is 7.37. The van der Waals surface area contributed by atoms with Gasteiger partial charge in [-0.3, -0.25) is 0 Å². The summed E-state index contributed by atoms with van der Waals surface area (Å²) < 4.78 is 27.1. The van der Waals surface area contributed by atoms with Gasteiger partial charge < -0.3 is 5.32 Å². The lowest BCUT2D eigenvalue weighted by molar-refractivity contribution is 0.578. The van der Waals surface area contributed by atoms with Crippen molar-refractivity contribution in [3.8, 4) is 0 Å². The molecule has 0 aromatic carbocycles. The van der Waals surface area contributed by atoms with Crippen LogP contribution in [0.1, 0.15) is 11.8 Å². The standard InChI is InChI=1S/C13H17N3O2S2/c1-2-14-12-6-3-8-15-13(12)20(17,18)16-9-7-11-5-4-10-19-11/h3-6,8,10,14,16H,2,7,9H2,1H3. The van der Waals surface area contributed by atoms with Crippen LogP contribution in [-0.2, 0) is 16.4 Å². The fraction of sp³-hybridized carbons (Fsp3) is 0.308. The molecule has 0 spiro atoms. The molecule has 0 bridgehead atoms. The molecule has 2 aromatic rings. The summed E-state index contributed by atoms with van der Waals surface area (Å²) >= 11 is 1.62. The van der Waals surface area contributed by atoms with Crippen molar-refractivity contribution >= 4 is 27.0 Å². The molecule has 0 radical (unpaired) electrons. The molecule has 20 heavy (non-hydrogen) atoms. The first-order chi connectivity index (χ1) is 9.63. The predicted molar refractivity (Wildman–Crippen MR) is 81.6 cm³/mol. The molecule has 0 unspecified atom stereocenters. The number of aromatic nitrogens is 1. The van der Waals surface area contributed by atoms with Crippen LogP contribution in [0.25, 0.3) is 0 Å². The van der Waals surface area contributed by atoms with E-state index in [1.807, 2.05) is 24.4 Å².